The third kappa shape index (κ3) is 3.23. The van der Waals surface area contributed by atoms with Gasteiger partial charge in [0, 0.05) is 32.5 Å². The van der Waals surface area contributed by atoms with Crippen molar-refractivity contribution in [3.05, 3.63) is 29.5 Å². The summed E-state index contributed by atoms with van der Waals surface area (Å²) in [5.41, 5.74) is 2.16. The fourth-order valence-electron chi connectivity index (χ4n) is 3.03. The molecule has 5 heteroatoms. The first-order valence-corrected chi connectivity index (χ1v) is 7.80. The van der Waals surface area contributed by atoms with Gasteiger partial charge < -0.3 is 10.2 Å². The van der Waals surface area contributed by atoms with E-state index in [0.29, 0.717) is 18.9 Å². The number of fused-ring (bicyclic) bond motifs is 1. The summed E-state index contributed by atoms with van der Waals surface area (Å²) in [4.78, 5) is 14.4. The van der Waals surface area contributed by atoms with Crippen LogP contribution in [0.5, 0.6) is 0 Å². The third-order valence-electron chi connectivity index (χ3n) is 4.20. The van der Waals surface area contributed by atoms with E-state index in [0.717, 1.165) is 49.4 Å². The van der Waals surface area contributed by atoms with Gasteiger partial charge in [-0.3, -0.25) is 4.79 Å². The van der Waals surface area contributed by atoms with Crippen LogP contribution in [0.3, 0.4) is 0 Å². The molecule has 0 saturated heterocycles. The molecule has 1 aromatic heterocycles. The highest BCUT2D eigenvalue weighted by Gasteiger charge is 2.24. The van der Waals surface area contributed by atoms with Gasteiger partial charge in [0.05, 0.1) is 5.69 Å². The maximum Gasteiger partial charge on any atom is 0.223 e. The molecule has 0 saturated carbocycles. The summed E-state index contributed by atoms with van der Waals surface area (Å²) in [7, 11) is 0. The average molecular weight is 286 g/mol. The molecule has 112 valence electrons. The van der Waals surface area contributed by atoms with Crippen molar-refractivity contribution in [2.45, 2.75) is 39.2 Å². The van der Waals surface area contributed by atoms with Crippen LogP contribution in [0.4, 0.5) is 5.82 Å². The molecule has 0 fully saturated rings. The molecular formula is C16H22N4O. The lowest BCUT2D eigenvalue weighted by atomic mass is 10.0. The van der Waals surface area contributed by atoms with Crippen LogP contribution in [0.15, 0.2) is 18.2 Å². The molecule has 1 aliphatic heterocycles. The number of carbonyl (C=O) groups excluding carboxylic acids is 1. The topological polar surface area (TPSA) is 58.1 Å². The molecule has 0 spiro atoms. The van der Waals surface area contributed by atoms with Crippen LogP contribution in [-0.2, 0) is 17.8 Å². The molecule has 2 aliphatic rings. The molecule has 1 amide bonds. The van der Waals surface area contributed by atoms with Crippen molar-refractivity contribution in [2.24, 2.45) is 5.92 Å². The van der Waals surface area contributed by atoms with Crippen molar-refractivity contribution in [3.8, 4) is 0 Å². The molecule has 0 aromatic carbocycles. The molecule has 21 heavy (non-hydrogen) atoms. The van der Waals surface area contributed by atoms with Crippen molar-refractivity contribution in [1.29, 1.82) is 0 Å². The standard InChI is InChI=1S/C16H22N4O/c1-2-17-15-10-13-11-20(8-7-14(13)18-19-15)16(21)9-12-5-3-4-6-12/h3,5,10,12H,2,4,6-9,11H2,1H3,(H,17,19). The Kier molecular flexibility index (Phi) is 4.18. The Bertz CT molecular complexity index is 555. The zero-order valence-corrected chi connectivity index (χ0v) is 12.5. The van der Waals surface area contributed by atoms with E-state index in [9.17, 15) is 4.79 Å². The van der Waals surface area contributed by atoms with Gasteiger partial charge in [-0.2, -0.15) is 5.10 Å². The summed E-state index contributed by atoms with van der Waals surface area (Å²) in [5.74, 6) is 1.50. The van der Waals surface area contributed by atoms with Gasteiger partial charge >= 0.3 is 0 Å². The number of allylic oxidation sites excluding steroid dienone is 2. The Morgan fingerprint density at radius 2 is 2.38 bits per heavy atom. The quantitative estimate of drug-likeness (QED) is 0.862. The number of carbonyl (C=O) groups is 1. The Hall–Kier alpha value is -1.91. The van der Waals surface area contributed by atoms with Gasteiger partial charge in [-0.15, -0.1) is 5.10 Å². The highest BCUT2D eigenvalue weighted by atomic mass is 16.2. The summed E-state index contributed by atoms with van der Waals surface area (Å²) in [5, 5.41) is 11.6. The van der Waals surface area contributed by atoms with Crippen molar-refractivity contribution in [1.82, 2.24) is 15.1 Å². The van der Waals surface area contributed by atoms with Crippen LogP contribution in [0, 0.1) is 5.92 Å². The van der Waals surface area contributed by atoms with E-state index in [-0.39, 0.29) is 5.91 Å². The minimum atomic E-state index is 0.263. The highest BCUT2D eigenvalue weighted by molar-refractivity contribution is 5.77. The second-order valence-electron chi connectivity index (χ2n) is 5.77. The van der Waals surface area contributed by atoms with Gasteiger partial charge in [0.15, 0.2) is 0 Å². The van der Waals surface area contributed by atoms with Crippen molar-refractivity contribution in [3.63, 3.8) is 0 Å². The van der Waals surface area contributed by atoms with E-state index < -0.39 is 0 Å². The average Bonchev–Trinajstić information content (AvgIpc) is 3.00. The smallest absolute Gasteiger partial charge is 0.223 e. The Balaban J connectivity index is 1.66. The second-order valence-corrected chi connectivity index (χ2v) is 5.77. The Morgan fingerprint density at radius 3 is 3.14 bits per heavy atom. The number of aromatic nitrogens is 2. The maximum absolute atomic E-state index is 12.4. The number of hydrogen-bond acceptors (Lipinski definition) is 4. The first-order valence-electron chi connectivity index (χ1n) is 7.80. The number of rotatable bonds is 4. The maximum atomic E-state index is 12.4. The largest absolute Gasteiger partial charge is 0.369 e. The van der Waals surface area contributed by atoms with Gasteiger partial charge in [-0.1, -0.05) is 12.2 Å². The SMILES string of the molecule is CCNc1cc2c(nn1)CCN(C(=O)CC1C=CCC1)C2. The molecule has 0 bridgehead atoms. The minimum absolute atomic E-state index is 0.263. The van der Waals surface area contributed by atoms with Crippen LogP contribution >= 0.6 is 0 Å². The number of nitrogens with one attached hydrogen (secondary N) is 1. The lowest BCUT2D eigenvalue weighted by Crippen LogP contribution is -2.37. The zero-order valence-electron chi connectivity index (χ0n) is 12.5. The van der Waals surface area contributed by atoms with E-state index in [1.807, 2.05) is 17.9 Å². The normalized spacial score (nSPS) is 20.4. The van der Waals surface area contributed by atoms with Crippen LogP contribution in [-0.4, -0.2) is 34.1 Å². The first-order chi connectivity index (χ1) is 10.3. The predicted molar refractivity (Wildman–Crippen MR) is 81.8 cm³/mol. The predicted octanol–water partition coefficient (Wildman–Crippen LogP) is 2.15. The Labute approximate surface area is 125 Å². The number of anilines is 1. The van der Waals surface area contributed by atoms with Crippen molar-refractivity contribution >= 4 is 11.7 Å². The van der Waals surface area contributed by atoms with Gasteiger partial charge in [0.2, 0.25) is 5.91 Å². The second kappa shape index (κ2) is 6.24. The highest BCUT2D eigenvalue weighted by Crippen LogP contribution is 2.24. The van der Waals surface area contributed by atoms with E-state index in [2.05, 4.69) is 27.7 Å². The molecule has 1 atom stereocenters. The lowest BCUT2D eigenvalue weighted by Gasteiger charge is -2.29. The van der Waals surface area contributed by atoms with Crippen molar-refractivity contribution < 1.29 is 4.79 Å². The minimum Gasteiger partial charge on any atom is -0.369 e. The van der Waals surface area contributed by atoms with Gasteiger partial charge in [0.25, 0.3) is 0 Å². The summed E-state index contributed by atoms with van der Waals surface area (Å²) in [6.45, 7) is 4.28. The monoisotopic (exact) mass is 286 g/mol. The van der Waals surface area contributed by atoms with Crippen LogP contribution < -0.4 is 5.32 Å². The molecule has 1 unspecified atom stereocenters. The number of amides is 1. The Morgan fingerprint density at radius 1 is 1.48 bits per heavy atom. The summed E-state index contributed by atoms with van der Waals surface area (Å²) >= 11 is 0. The van der Waals surface area contributed by atoms with Gasteiger partial charge in [0.1, 0.15) is 5.82 Å². The van der Waals surface area contributed by atoms with E-state index in [4.69, 9.17) is 0 Å². The van der Waals surface area contributed by atoms with E-state index >= 15 is 0 Å². The van der Waals surface area contributed by atoms with Crippen LogP contribution in [0.2, 0.25) is 0 Å². The molecule has 1 aromatic rings. The first kappa shape index (κ1) is 14.0. The fraction of sp³-hybridized carbons (Fsp3) is 0.562. The lowest BCUT2D eigenvalue weighted by molar-refractivity contribution is -0.132. The number of hydrogen-bond donors (Lipinski definition) is 1. The molecule has 1 N–H and O–H groups in total. The van der Waals surface area contributed by atoms with E-state index in [1.165, 1.54) is 0 Å². The molecule has 0 radical (unpaired) electrons. The summed E-state index contributed by atoms with van der Waals surface area (Å²) in [6.07, 6.45) is 8.05. The van der Waals surface area contributed by atoms with E-state index in [1.54, 1.807) is 0 Å². The summed E-state index contributed by atoms with van der Waals surface area (Å²) < 4.78 is 0. The van der Waals surface area contributed by atoms with Gasteiger partial charge in [-0.05, 0) is 37.3 Å². The third-order valence-corrected chi connectivity index (χ3v) is 4.20. The molecule has 1 aliphatic carbocycles. The fourth-order valence-corrected chi connectivity index (χ4v) is 3.03. The molecular weight excluding hydrogens is 264 g/mol. The molecule has 3 rings (SSSR count). The summed E-state index contributed by atoms with van der Waals surface area (Å²) in [6, 6.07) is 2.03. The van der Waals surface area contributed by atoms with Crippen LogP contribution in [0.25, 0.3) is 0 Å². The number of nitrogens with zero attached hydrogens (tertiary/aromatic N) is 3. The molecule has 2 heterocycles. The van der Waals surface area contributed by atoms with Crippen molar-refractivity contribution in [2.75, 3.05) is 18.4 Å². The van der Waals surface area contributed by atoms with Crippen LogP contribution in [0.1, 0.15) is 37.4 Å². The zero-order chi connectivity index (χ0) is 14.7. The van der Waals surface area contributed by atoms with Gasteiger partial charge in [-0.25, -0.2) is 0 Å². The molecule has 5 nitrogen and oxygen atoms in total.